The van der Waals surface area contributed by atoms with Crippen molar-refractivity contribution in [1.29, 1.82) is 0 Å². The Hall–Kier alpha value is -4.79. The molecule has 0 spiro atoms. The zero-order chi connectivity index (χ0) is 38.8. The summed E-state index contributed by atoms with van der Waals surface area (Å²) in [7, 11) is 3.77. The molecule has 14 heteroatoms. The smallest absolute Gasteiger partial charge is 0.243 e. The van der Waals surface area contributed by atoms with Crippen LogP contribution in [0.2, 0.25) is 0 Å². The highest BCUT2D eigenvalue weighted by atomic mass is 16.2. The highest BCUT2D eigenvalue weighted by Crippen LogP contribution is 2.21. The molecule has 0 saturated heterocycles. The fraction of sp³-hybridized carbons (Fsp3) is 0.513. The predicted molar refractivity (Wildman–Crippen MR) is 207 cm³/mol. The molecule has 1 unspecified atom stereocenters. The summed E-state index contributed by atoms with van der Waals surface area (Å²) >= 11 is 0. The van der Waals surface area contributed by atoms with Gasteiger partial charge >= 0.3 is 0 Å². The van der Waals surface area contributed by atoms with Crippen molar-refractivity contribution in [2.75, 3.05) is 46.8 Å². The molecule has 3 rings (SSSR count). The number of H-pyrrole nitrogens is 1. The van der Waals surface area contributed by atoms with E-state index in [1.807, 2.05) is 89.6 Å². The van der Waals surface area contributed by atoms with E-state index >= 15 is 0 Å². The fourth-order valence-corrected chi connectivity index (χ4v) is 5.89. The minimum Gasteiger partial charge on any atom is -0.370 e. The molecule has 1 aromatic heterocycles. The number of aromatic amines is 1. The van der Waals surface area contributed by atoms with Crippen LogP contribution in [0.1, 0.15) is 56.7 Å². The molecule has 0 radical (unpaired) electrons. The summed E-state index contributed by atoms with van der Waals surface area (Å²) in [5.41, 5.74) is 9.12. The van der Waals surface area contributed by atoms with Crippen LogP contribution in [0.5, 0.6) is 0 Å². The summed E-state index contributed by atoms with van der Waals surface area (Å²) in [6.07, 6.45) is 2.89. The van der Waals surface area contributed by atoms with E-state index in [1.54, 1.807) is 0 Å². The summed E-state index contributed by atoms with van der Waals surface area (Å²) in [5.74, 6) is -2.55. The zero-order valence-corrected chi connectivity index (χ0v) is 31.8. The minimum atomic E-state index is -1.04. The first-order valence-corrected chi connectivity index (χ1v) is 18.5. The molecule has 14 nitrogen and oxygen atoms in total. The second-order valence-electron chi connectivity index (χ2n) is 13.7. The molecule has 4 atom stereocenters. The molecule has 1 heterocycles. The number of benzene rings is 2. The molecule has 0 fully saturated rings. The van der Waals surface area contributed by atoms with Crippen LogP contribution in [0.15, 0.2) is 54.7 Å². The third kappa shape index (κ3) is 14.3. The Morgan fingerprint density at radius 1 is 0.811 bits per heavy atom. The lowest BCUT2D eigenvalue weighted by atomic mass is 9.95. The summed E-state index contributed by atoms with van der Waals surface area (Å²) < 4.78 is 0. The molecule has 2 aromatic carbocycles. The number of nitrogens with zero attached hydrogens (tertiary/aromatic N) is 1. The molecule has 290 valence electrons. The van der Waals surface area contributed by atoms with Gasteiger partial charge in [0.05, 0.1) is 6.54 Å². The first-order chi connectivity index (χ1) is 25.4. The first kappa shape index (κ1) is 42.6. The van der Waals surface area contributed by atoms with Crippen molar-refractivity contribution in [3.63, 3.8) is 0 Å². The maximum Gasteiger partial charge on any atom is 0.243 e. The van der Waals surface area contributed by atoms with Crippen molar-refractivity contribution >= 4 is 40.4 Å². The highest BCUT2D eigenvalue weighted by Gasteiger charge is 2.31. The number of rotatable bonds is 24. The molecular formula is C39H59N9O5. The number of fused-ring (bicyclic) bond motifs is 1. The lowest BCUT2D eigenvalue weighted by Crippen LogP contribution is -2.56. The van der Waals surface area contributed by atoms with Gasteiger partial charge in [-0.3, -0.25) is 28.9 Å². The Morgan fingerprint density at radius 3 is 2.04 bits per heavy atom. The van der Waals surface area contributed by atoms with Gasteiger partial charge in [0.15, 0.2) is 0 Å². The lowest BCUT2D eigenvalue weighted by Gasteiger charge is -2.27. The maximum atomic E-state index is 13.7. The number of amides is 5. The number of aromatic nitrogens is 1. The third-order valence-electron chi connectivity index (χ3n) is 9.46. The molecule has 0 aliphatic carbocycles. The van der Waals surface area contributed by atoms with Gasteiger partial charge in [-0.25, -0.2) is 0 Å². The first-order valence-electron chi connectivity index (χ1n) is 18.5. The van der Waals surface area contributed by atoms with Gasteiger partial charge in [0.2, 0.25) is 29.5 Å². The summed E-state index contributed by atoms with van der Waals surface area (Å²) in [5, 5.41) is 18.8. The Balaban J connectivity index is 1.57. The van der Waals surface area contributed by atoms with Crippen molar-refractivity contribution in [3.05, 3.63) is 71.4 Å². The largest absolute Gasteiger partial charge is 0.370 e. The lowest BCUT2D eigenvalue weighted by molar-refractivity contribution is -0.134. The van der Waals surface area contributed by atoms with Gasteiger partial charge in [-0.1, -0.05) is 69.7 Å². The Morgan fingerprint density at radius 2 is 1.43 bits per heavy atom. The number of hydrogen-bond donors (Lipinski definition) is 8. The quantitative estimate of drug-likeness (QED) is 0.0673. The standard InChI is InChI=1S/C39H59N9O5/c1-6-26(2)36(47-37(51)27(3)21-30-24-43-32-10-8-7-9-31(30)32)39(53)46-33(15-16-34(40)49)38(52)45-23-29-13-11-28(12-14-29)22-44-35(50)25-48(19-17-41-4)20-18-42-5/h7-14,24,26-27,33,36,41-43H,6,15-23,25H2,1-5H3,(H2,40,49)(H,44,50)(H,45,52)(H,46,53)(H,47,51)/t26?,27-,33-,36-/m0/s1. The molecule has 0 aliphatic heterocycles. The fourth-order valence-electron chi connectivity index (χ4n) is 5.89. The molecule has 9 N–H and O–H groups in total. The van der Waals surface area contributed by atoms with E-state index in [-0.39, 0.29) is 37.1 Å². The average Bonchev–Trinajstić information content (AvgIpc) is 3.56. The van der Waals surface area contributed by atoms with Gasteiger partial charge in [-0.05, 0) is 55.6 Å². The normalized spacial score (nSPS) is 13.5. The Kier molecular flexibility index (Phi) is 17.9. The SMILES string of the molecule is CCC(C)[C@H](NC(=O)[C@@H](C)Cc1c[nH]c2ccccc12)C(=O)N[C@@H](CCC(N)=O)C(=O)NCc1ccc(CNC(=O)CN(CCNC)CCNC)cc1. The number of carbonyl (C=O) groups excluding carboxylic acids is 5. The number of primary amides is 1. The van der Waals surface area contributed by atoms with Crippen molar-refractivity contribution in [1.82, 2.24) is 41.8 Å². The molecule has 0 bridgehead atoms. The van der Waals surface area contributed by atoms with Crippen LogP contribution in [0.4, 0.5) is 0 Å². The van der Waals surface area contributed by atoms with E-state index in [9.17, 15) is 24.0 Å². The van der Waals surface area contributed by atoms with Crippen LogP contribution < -0.4 is 37.6 Å². The number of para-hydroxylation sites is 1. The van der Waals surface area contributed by atoms with Gasteiger partial charge in [-0.2, -0.15) is 0 Å². The number of nitrogens with one attached hydrogen (secondary N) is 7. The number of likely N-dealkylation sites (N-methyl/N-ethyl adjacent to an activating group) is 2. The molecule has 0 saturated carbocycles. The predicted octanol–water partition coefficient (Wildman–Crippen LogP) is 1.30. The Bertz CT molecular complexity index is 1620. The van der Waals surface area contributed by atoms with E-state index in [1.165, 1.54) is 0 Å². The number of hydrogen-bond acceptors (Lipinski definition) is 8. The topological polar surface area (TPSA) is 203 Å². The van der Waals surface area contributed by atoms with E-state index < -0.39 is 35.7 Å². The summed E-state index contributed by atoms with van der Waals surface area (Å²) in [6.45, 7) is 9.57. The number of carbonyl (C=O) groups is 5. The van der Waals surface area contributed by atoms with Crippen LogP contribution in [-0.4, -0.2) is 98.3 Å². The molecule has 3 aromatic rings. The molecule has 0 aliphatic rings. The van der Waals surface area contributed by atoms with E-state index in [4.69, 9.17) is 5.73 Å². The summed E-state index contributed by atoms with van der Waals surface area (Å²) in [6, 6.07) is 13.4. The van der Waals surface area contributed by atoms with E-state index in [2.05, 4.69) is 41.8 Å². The second-order valence-corrected chi connectivity index (χ2v) is 13.7. The maximum absolute atomic E-state index is 13.7. The van der Waals surface area contributed by atoms with Crippen LogP contribution in [-0.2, 0) is 43.5 Å². The van der Waals surface area contributed by atoms with Crippen LogP contribution >= 0.6 is 0 Å². The van der Waals surface area contributed by atoms with Crippen LogP contribution in [0.25, 0.3) is 10.9 Å². The Labute approximate surface area is 313 Å². The van der Waals surface area contributed by atoms with Crippen molar-refractivity contribution in [2.45, 2.75) is 71.6 Å². The second kappa shape index (κ2) is 22.3. The van der Waals surface area contributed by atoms with Crippen LogP contribution in [0.3, 0.4) is 0 Å². The van der Waals surface area contributed by atoms with Gasteiger partial charge in [0.1, 0.15) is 12.1 Å². The molecular weight excluding hydrogens is 674 g/mol. The summed E-state index contributed by atoms with van der Waals surface area (Å²) in [4.78, 5) is 70.0. The van der Waals surface area contributed by atoms with Gasteiger partial charge in [0, 0.05) is 68.7 Å². The molecule has 53 heavy (non-hydrogen) atoms. The minimum absolute atomic E-state index is 0.00498. The van der Waals surface area contributed by atoms with Crippen molar-refractivity contribution in [2.24, 2.45) is 17.6 Å². The van der Waals surface area contributed by atoms with Gasteiger partial charge in [0.25, 0.3) is 0 Å². The molecule has 5 amide bonds. The van der Waals surface area contributed by atoms with Crippen molar-refractivity contribution < 1.29 is 24.0 Å². The van der Waals surface area contributed by atoms with Gasteiger partial charge < -0.3 is 42.6 Å². The van der Waals surface area contributed by atoms with E-state index in [0.717, 1.165) is 53.8 Å². The monoisotopic (exact) mass is 733 g/mol. The van der Waals surface area contributed by atoms with Crippen molar-refractivity contribution in [3.8, 4) is 0 Å². The van der Waals surface area contributed by atoms with Gasteiger partial charge in [-0.15, -0.1) is 0 Å². The number of nitrogens with two attached hydrogens (primary N) is 1. The zero-order valence-electron chi connectivity index (χ0n) is 31.8. The van der Waals surface area contributed by atoms with E-state index in [0.29, 0.717) is 25.9 Å². The van der Waals surface area contributed by atoms with Crippen LogP contribution in [0, 0.1) is 11.8 Å². The highest BCUT2D eigenvalue weighted by molar-refractivity contribution is 5.93. The third-order valence-corrected chi connectivity index (χ3v) is 9.46. The average molecular weight is 734 g/mol.